The van der Waals surface area contributed by atoms with E-state index in [1.165, 1.54) is 0 Å². The zero-order valence-electron chi connectivity index (χ0n) is 26.7. The number of aromatic nitrogens is 2. The van der Waals surface area contributed by atoms with Crippen molar-refractivity contribution in [1.82, 2.24) is 9.13 Å². The summed E-state index contributed by atoms with van der Waals surface area (Å²) in [5.41, 5.74) is 11.6. The maximum atomic E-state index is 10.4. The molecule has 50 heavy (non-hydrogen) atoms. The van der Waals surface area contributed by atoms with E-state index in [-0.39, 0.29) is 0 Å². The zero-order chi connectivity index (χ0) is 33.8. The van der Waals surface area contributed by atoms with Crippen LogP contribution in [0.4, 0.5) is 5.69 Å². The smallest absolute Gasteiger partial charge is 0.189 e. The van der Waals surface area contributed by atoms with Crippen LogP contribution in [0.2, 0.25) is 0 Å². The minimum atomic E-state index is 0.583. The van der Waals surface area contributed by atoms with Crippen LogP contribution < -0.4 is 0 Å². The molecular weight excluding hydrogens is 611 g/mol. The standard InChI is InChI=1S/C45H25N5/c1-48-32-20-23-37-34-10-2-6-15-41(34)50(44(37)26-32)42-16-7-3-11-35(42)38-13-8-9-31(28-47)45(38)30-18-21-33(22-19-30)49-40-14-5-4-12-36(40)39-25-29(27-46)17-24-43(39)49/h2-26H. The van der Waals surface area contributed by atoms with Gasteiger partial charge in [0.1, 0.15) is 0 Å². The van der Waals surface area contributed by atoms with E-state index in [4.69, 9.17) is 6.57 Å². The second kappa shape index (κ2) is 11.4. The molecule has 0 saturated heterocycles. The molecular formula is C45H25N5. The van der Waals surface area contributed by atoms with Gasteiger partial charge in [-0.3, -0.25) is 0 Å². The third-order valence-corrected chi connectivity index (χ3v) is 9.62. The van der Waals surface area contributed by atoms with Crippen molar-refractivity contribution in [2.45, 2.75) is 0 Å². The van der Waals surface area contributed by atoms with Gasteiger partial charge < -0.3 is 9.13 Å². The molecule has 0 aliphatic heterocycles. The van der Waals surface area contributed by atoms with Crippen LogP contribution in [-0.2, 0) is 0 Å². The third kappa shape index (κ3) is 4.31. The average molecular weight is 636 g/mol. The number of hydrogen-bond acceptors (Lipinski definition) is 2. The summed E-state index contributed by atoms with van der Waals surface area (Å²) >= 11 is 0. The Hall–Kier alpha value is -7.39. The van der Waals surface area contributed by atoms with Crippen LogP contribution in [0.5, 0.6) is 0 Å². The summed E-state index contributed by atoms with van der Waals surface area (Å²) in [6.07, 6.45) is 0. The highest BCUT2D eigenvalue weighted by Crippen LogP contribution is 2.42. The fraction of sp³-hybridized carbons (Fsp3) is 0. The van der Waals surface area contributed by atoms with Gasteiger partial charge in [0.2, 0.25) is 0 Å². The van der Waals surface area contributed by atoms with Crippen molar-refractivity contribution in [2.24, 2.45) is 0 Å². The molecule has 0 aliphatic carbocycles. The Balaban J connectivity index is 1.24. The summed E-state index contributed by atoms with van der Waals surface area (Å²) in [6, 6.07) is 55.6. The highest BCUT2D eigenvalue weighted by Gasteiger charge is 2.20. The molecule has 2 heterocycles. The highest BCUT2D eigenvalue weighted by molar-refractivity contribution is 6.11. The SMILES string of the molecule is [C-]#[N+]c1ccc2c3ccccc3n(-c3ccccc3-c3cccc(C#N)c3-c3ccc(-n4c5ccccc5c5cc(C#N)ccc54)cc3)c2c1. The Labute approximate surface area is 288 Å². The molecule has 0 saturated carbocycles. The lowest BCUT2D eigenvalue weighted by Gasteiger charge is -2.18. The Bertz CT molecular complexity index is 2960. The van der Waals surface area contributed by atoms with E-state index in [1.807, 2.05) is 84.9 Å². The molecule has 2 aromatic heterocycles. The van der Waals surface area contributed by atoms with Crippen molar-refractivity contribution in [2.75, 3.05) is 0 Å². The van der Waals surface area contributed by atoms with Crippen LogP contribution in [-0.4, -0.2) is 9.13 Å². The van der Waals surface area contributed by atoms with E-state index in [2.05, 4.69) is 92.8 Å². The number of fused-ring (bicyclic) bond motifs is 6. The van der Waals surface area contributed by atoms with Gasteiger partial charge in [0.15, 0.2) is 5.69 Å². The molecule has 5 nitrogen and oxygen atoms in total. The second-order valence-electron chi connectivity index (χ2n) is 12.3. The first-order valence-electron chi connectivity index (χ1n) is 16.3. The van der Waals surface area contributed by atoms with E-state index in [9.17, 15) is 10.5 Å². The molecule has 9 rings (SSSR count). The van der Waals surface area contributed by atoms with Crippen molar-refractivity contribution in [3.63, 3.8) is 0 Å². The van der Waals surface area contributed by atoms with E-state index in [0.717, 1.165) is 77.2 Å². The Morgan fingerprint density at radius 3 is 1.92 bits per heavy atom. The normalized spacial score (nSPS) is 11.1. The van der Waals surface area contributed by atoms with Gasteiger partial charge in [-0.1, -0.05) is 91.0 Å². The molecule has 0 spiro atoms. The van der Waals surface area contributed by atoms with Gasteiger partial charge in [-0.15, -0.1) is 0 Å². The topological polar surface area (TPSA) is 61.8 Å². The van der Waals surface area contributed by atoms with Crippen molar-refractivity contribution < 1.29 is 0 Å². The quantitative estimate of drug-likeness (QED) is 0.181. The number of benzene rings is 7. The van der Waals surface area contributed by atoms with Crippen LogP contribution >= 0.6 is 0 Å². The maximum absolute atomic E-state index is 10.4. The Kier molecular flexibility index (Phi) is 6.56. The van der Waals surface area contributed by atoms with Gasteiger partial charge in [0, 0.05) is 43.9 Å². The molecule has 5 heteroatoms. The van der Waals surface area contributed by atoms with Crippen LogP contribution in [0.3, 0.4) is 0 Å². The van der Waals surface area contributed by atoms with E-state index < -0.39 is 0 Å². The molecule has 0 radical (unpaired) electrons. The van der Waals surface area contributed by atoms with E-state index in [1.54, 1.807) is 0 Å². The lowest BCUT2D eigenvalue weighted by atomic mass is 9.90. The molecule has 0 aliphatic rings. The molecule has 0 N–H and O–H groups in total. The number of nitrogens with zero attached hydrogens (tertiary/aromatic N) is 5. The fourth-order valence-corrected chi connectivity index (χ4v) is 7.46. The van der Waals surface area contributed by atoms with Crippen LogP contribution in [0.25, 0.3) is 82.1 Å². The molecule has 0 atom stereocenters. The molecule has 0 unspecified atom stereocenters. The fourth-order valence-electron chi connectivity index (χ4n) is 7.46. The first-order valence-corrected chi connectivity index (χ1v) is 16.3. The lowest BCUT2D eigenvalue weighted by molar-refractivity contribution is 1.18. The Morgan fingerprint density at radius 2 is 1.16 bits per heavy atom. The van der Waals surface area contributed by atoms with Gasteiger partial charge in [-0.05, 0) is 71.8 Å². The Morgan fingerprint density at radius 1 is 0.500 bits per heavy atom. The summed E-state index contributed by atoms with van der Waals surface area (Å²) in [5, 5.41) is 24.3. The summed E-state index contributed by atoms with van der Waals surface area (Å²) in [5.74, 6) is 0. The first kappa shape index (κ1) is 28.8. The van der Waals surface area contributed by atoms with Gasteiger partial charge in [-0.2, -0.15) is 10.5 Å². The summed E-state index contributed by atoms with van der Waals surface area (Å²) in [6.45, 7) is 7.70. The van der Waals surface area contributed by atoms with Gasteiger partial charge in [-0.25, -0.2) is 4.85 Å². The largest absolute Gasteiger partial charge is 0.310 e. The van der Waals surface area contributed by atoms with Gasteiger partial charge in [0.25, 0.3) is 0 Å². The van der Waals surface area contributed by atoms with Crippen LogP contribution in [0.15, 0.2) is 152 Å². The van der Waals surface area contributed by atoms with Gasteiger partial charge >= 0.3 is 0 Å². The average Bonchev–Trinajstić information content (AvgIpc) is 3.69. The molecule has 230 valence electrons. The number of para-hydroxylation sites is 3. The minimum absolute atomic E-state index is 0.583. The van der Waals surface area contributed by atoms with Gasteiger partial charge in [0.05, 0.1) is 52.1 Å². The number of rotatable bonds is 4. The molecule has 0 fully saturated rings. The maximum Gasteiger partial charge on any atom is 0.189 e. The van der Waals surface area contributed by atoms with E-state index >= 15 is 0 Å². The highest BCUT2D eigenvalue weighted by atomic mass is 15.0. The van der Waals surface area contributed by atoms with E-state index in [0.29, 0.717) is 16.8 Å². The van der Waals surface area contributed by atoms with Crippen LogP contribution in [0, 0.1) is 29.2 Å². The zero-order valence-corrected chi connectivity index (χ0v) is 26.7. The monoisotopic (exact) mass is 635 g/mol. The van der Waals surface area contributed by atoms with Crippen molar-refractivity contribution in [3.8, 4) is 45.8 Å². The summed E-state index contributed by atoms with van der Waals surface area (Å²) in [7, 11) is 0. The third-order valence-electron chi connectivity index (χ3n) is 9.62. The predicted molar refractivity (Wildman–Crippen MR) is 202 cm³/mol. The second-order valence-corrected chi connectivity index (χ2v) is 12.3. The molecule has 0 amide bonds. The lowest BCUT2D eigenvalue weighted by Crippen LogP contribution is -1.99. The molecule has 7 aromatic carbocycles. The first-order chi connectivity index (χ1) is 24.7. The van der Waals surface area contributed by atoms with Crippen molar-refractivity contribution in [3.05, 3.63) is 174 Å². The summed E-state index contributed by atoms with van der Waals surface area (Å²) in [4.78, 5) is 3.74. The number of nitriles is 2. The number of hydrogen-bond donors (Lipinski definition) is 0. The predicted octanol–water partition coefficient (Wildman–Crippen LogP) is 11.5. The molecule has 0 bridgehead atoms. The van der Waals surface area contributed by atoms with Crippen molar-refractivity contribution in [1.29, 1.82) is 10.5 Å². The van der Waals surface area contributed by atoms with Crippen molar-refractivity contribution >= 4 is 49.3 Å². The molecule has 9 aromatic rings. The minimum Gasteiger partial charge on any atom is -0.310 e. The van der Waals surface area contributed by atoms with Crippen LogP contribution in [0.1, 0.15) is 11.1 Å². The summed E-state index contributed by atoms with van der Waals surface area (Å²) < 4.78 is 4.46.